The Bertz CT molecular complexity index is 566. The van der Waals surface area contributed by atoms with E-state index in [1.165, 1.54) is 12.1 Å². The Kier molecular flexibility index (Phi) is 4.21. The molecule has 0 aliphatic carbocycles. The highest BCUT2D eigenvalue weighted by Gasteiger charge is 2.13. The van der Waals surface area contributed by atoms with E-state index in [0.717, 1.165) is 19.0 Å². The summed E-state index contributed by atoms with van der Waals surface area (Å²) in [5, 5.41) is 8.03. The van der Waals surface area contributed by atoms with Gasteiger partial charge in [0, 0.05) is 19.0 Å². The molecule has 0 aliphatic rings. The number of nitrogens with zero attached hydrogens (tertiary/aromatic N) is 3. The Labute approximate surface area is 110 Å². The molecule has 0 atom stereocenters. The van der Waals surface area contributed by atoms with Crippen LogP contribution in [-0.4, -0.2) is 14.8 Å². The molecule has 0 saturated heterocycles. The zero-order valence-electron chi connectivity index (χ0n) is 10.7. The fraction of sp³-hybridized carbons (Fsp3) is 0.385. The third kappa shape index (κ3) is 2.96. The minimum atomic E-state index is -0.584. The van der Waals surface area contributed by atoms with Crippen LogP contribution >= 0.6 is 0 Å². The molecule has 1 heterocycles. The Hall–Kier alpha value is -1.82. The van der Waals surface area contributed by atoms with Gasteiger partial charge in [0.2, 0.25) is 0 Å². The van der Waals surface area contributed by atoms with Crippen molar-refractivity contribution in [2.45, 2.75) is 32.9 Å². The highest BCUT2D eigenvalue weighted by atomic mass is 19.1. The van der Waals surface area contributed by atoms with Crippen LogP contribution in [0.2, 0.25) is 0 Å². The molecule has 19 heavy (non-hydrogen) atoms. The SMILES string of the molecule is CCCn1c(CN)nnc1Cc1ccc(F)cc1F. The molecule has 0 saturated carbocycles. The lowest BCUT2D eigenvalue weighted by atomic mass is 10.1. The van der Waals surface area contributed by atoms with Gasteiger partial charge in [0.15, 0.2) is 0 Å². The van der Waals surface area contributed by atoms with Crippen molar-refractivity contribution in [2.24, 2.45) is 5.73 Å². The number of nitrogens with two attached hydrogens (primary N) is 1. The van der Waals surface area contributed by atoms with Crippen molar-refractivity contribution in [3.8, 4) is 0 Å². The van der Waals surface area contributed by atoms with Gasteiger partial charge in [-0.15, -0.1) is 10.2 Å². The van der Waals surface area contributed by atoms with Crippen molar-refractivity contribution in [1.82, 2.24) is 14.8 Å². The second-order valence-corrected chi connectivity index (χ2v) is 4.30. The summed E-state index contributed by atoms with van der Waals surface area (Å²) in [7, 11) is 0. The maximum absolute atomic E-state index is 13.6. The topological polar surface area (TPSA) is 56.7 Å². The molecule has 2 N–H and O–H groups in total. The normalized spacial score (nSPS) is 10.9. The first kappa shape index (κ1) is 13.6. The maximum Gasteiger partial charge on any atom is 0.146 e. The molecule has 0 unspecified atom stereocenters. The molecule has 1 aromatic heterocycles. The molecule has 0 bridgehead atoms. The van der Waals surface area contributed by atoms with Crippen LogP contribution in [0, 0.1) is 11.6 Å². The van der Waals surface area contributed by atoms with Crippen LogP contribution < -0.4 is 5.73 Å². The summed E-state index contributed by atoms with van der Waals surface area (Å²) in [6, 6.07) is 3.54. The molecule has 1 aromatic carbocycles. The van der Waals surface area contributed by atoms with E-state index >= 15 is 0 Å². The molecular weight excluding hydrogens is 250 g/mol. The van der Waals surface area contributed by atoms with Crippen molar-refractivity contribution in [2.75, 3.05) is 0 Å². The highest BCUT2D eigenvalue weighted by molar-refractivity contribution is 5.22. The first-order valence-electron chi connectivity index (χ1n) is 6.20. The van der Waals surface area contributed by atoms with Gasteiger partial charge in [0.25, 0.3) is 0 Å². The van der Waals surface area contributed by atoms with E-state index in [9.17, 15) is 8.78 Å². The molecule has 0 amide bonds. The van der Waals surface area contributed by atoms with Crippen LogP contribution in [0.5, 0.6) is 0 Å². The van der Waals surface area contributed by atoms with Gasteiger partial charge < -0.3 is 10.3 Å². The average Bonchev–Trinajstić information content (AvgIpc) is 2.76. The van der Waals surface area contributed by atoms with Gasteiger partial charge >= 0.3 is 0 Å². The van der Waals surface area contributed by atoms with E-state index in [4.69, 9.17) is 5.73 Å². The van der Waals surface area contributed by atoms with E-state index in [2.05, 4.69) is 10.2 Å². The Morgan fingerprint density at radius 2 is 1.95 bits per heavy atom. The molecule has 0 fully saturated rings. The van der Waals surface area contributed by atoms with Gasteiger partial charge in [-0.2, -0.15) is 0 Å². The molecule has 2 rings (SSSR count). The molecule has 102 valence electrons. The molecule has 4 nitrogen and oxygen atoms in total. The van der Waals surface area contributed by atoms with E-state index < -0.39 is 11.6 Å². The number of hydrogen-bond donors (Lipinski definition) is 1. The number of aromatic nitrogens is 3. The largest absolute Gasteiger partial charge is 0.324 e. The minimum absolute atomic E-state index is 0.277. The van der Waals surface area contributed by atoms with Crippen LogP contribution in [-0.2, 0) is 19.5 Å². The average molecular weight is 266 g/mol. The molecule has 6 heteroatoms. The van der Waals surface area contributed by atoms with Crippen LogP contribution in [0.15, 0.2) is 18.2 Å². The number of rotatable bonds is 5. The van der Waals surface area contributed by atoms with E-state index in [0.29, 0.717) is 23.8 Å². The van der Waals surface area contributed by atoms with Gasteiger partial charge in [0.1, 0.15) is 23.3 Å². The first-order valence-corrected chi connectivity index (χ1v) is 6.20. The fourth-order valence-electron chi connectivity index (χ4n) is 1.97. The van der Waals surface area contributed by atoms with Crippen LogP contribution in [0.4, 0.5) is 8.78 Å². The maximum atomic E-state index is 13.6. The van der Waals surface area contributed by atoms with Gasteiger partial charge in [-0.1, -0.05) is 13.0 Å². The molecular formula is C13H16F2N4. The summed E-state index contributed by atoms with van der Waals surface area (Å²) < 4.78 is 28.4. The quantitative estimate of drug-likeness (QED) is 0.900. The Morgan fingerprint density at radius 3 is 2.58 bits per heavy atom. The van der Waals surface area contributed by atoms with Crippen LogP contribution in [0.25, 0.3) is 0 Å². The molecule has 0 aliphatic heterocycles. The minimum Gasteiger partial charge on any atom is -0.324 e. The van der Waals surface area contributed by atoms with Crippen molar-refractivity contribution in [1.29, 1.82) is 0 Å². The smallest absolute Gasteiger partial charge is 0.146 e. The van der Waals surface area contributed by atoms with Gasteiger partial charge in [0.05, 0.1) is 6.54 Å². The number of hydrogen-bond acceptors (Lipinski definition) is 3. The standard InChI is InChI=1S/C13H16F2N4/c1-2-5-19-12(17-18-13(19)8-16)6-9-3-4-10(14)7-11(9)15/h3-4,7H,2,5-6,8,16H2,1H3. The summed E-state index contributed by atoms with van der Waals surface area (Å²) in [6.45, 7) is 3.05. The number of benzene rings is 1. The van der Waals surface area contributed by atoms with E-state index in [1.807, 2.05) is 11.5 Å². The molecule has 0 spiro atoms. The third-order valence-corrected chi connectivity index (χ3v) is 2.90. The highest BCUT2D eigenvalue weighted by Crippen LogP contribution is 2.15. The van der Waals surface area contributed by atoms with Crippen LogP contribution in [0.3, 0.4) is 0 Å². The summed E-state index contributed by atoms with van der Waals surface area (Å²) in [4.78, 5) is 0. The summed E-state index contributed by atoms with van der Waals surface area (Å²) >= 11 is 0. The lowest BCUT2D eigenvalue weighted by Crippen LogP contribution is -2.11. The summed E-state index contributed by atoms with van der Waals surface area (Å²) in [6.07, 6.45) is 1.18. The monoisotopic (exact) mass is 266 g/mol. The van der Waals surface area contributed by atoms with Crippen molar-refractivity contribution in [3.63, 3.8) is 0 Å². The zero-order valence-corrected chi connectivity index (χ0v) is 10.7. The molecule has 0 radical (unpaired) electrons. The van der Waals surface area contributed by atoms with Crippen molar-refractivity contribution >= 4 is 0 Å². The zero-order chi connectivity index (χ0) is 13.8. The summed E-state index contributed by atoms with van der Waals surface area (Å²) in [5.41, 5.74) is 5.99. The lowest BCUT2D eigenvalue weighted by molar-refractivity contribution is 0.568. The first-order chi connectivity index (χ1) is 9.15. The van der Waals surface area contributed by atoms with Crippen molar-refractivity contribution < 1.29 is 8.78 Å². The Morgan fingerprint density at radius 1 is 1.21 bits per heavy atom. The Balaban J connectivity index is 2.29. The van der Waals surface area contributed by atoms with E-state index in [-0.39, 0.29) is 6.42 Å². The van der Waals surface area contributed by atoms with Gasteiger partial charge in [-0.05, 0) is 18.1 Å². The lowest BCUT2D eigenvalue weighted by Gasteiger charge is -2.08. The predicted octanol–water partition coefficient (Wildman–Crippen LogP) is 2.02. The van der Waals surface area contributed by atoms with Crippen molar-refractivity contribution in [3.05, 3.63) is 47.0 Å². The molecule has 2 aromatic rings. The van der Waals surface area contributed by atoms with Gasteiger partial charge in [-0.3, -0.25) is 0 Å². The van der Waals surface area contributed by atoms with Crippen LogP contribution in [0.1, 0.15) is 30.6 Å². The third-order valence-electron chi connectivity index (χ3n) is 2.90. The van der Waals surface area contributed by atoms with E-state index in [1.54, 1.807) is 0 Å². The van der Waals surface area contributed by atoms with Gasteiger partial charge in [-0.25, -0.2) is 8.78 Å². The second kappa shape index (κ2) is 5.88. The predicted molar refractivity (Wildman–Crippen MR) is 67.4 cm³/mol. The number of halogens is 2. The summed E-state index contributed by atoms with van der Waals surface area (Å²) in [5.74, 6) is 0.173. The second-order valence-electron chi connectivity index (χ2n) is 4.30. The fourth-order valence-corrected chi connectivity index (χ4v) is 1.97.